The number of hydrogen-bond acceptors (Lipinski definition) is 3. The number of hydrogen-bond donors (Lipinski definition) is 2. The van der Waals surface area contributed by atoms with Gasteiger partial charge in [-0.05, 0) is 0 Å². The molecule has 0 radical (unpaired) electrons. The highest BCUT2D eigenvalue weighted by Gasteiger charge is 2.42. The smallest absolute Gasteiger partial charge is 0.307 e. The number of rotatable bonds is 2. The summed E-state index contributed by atoms with van der Waals surface area (Å²) in [5.41, 5.74) is 0. The number of Topliss-reactive ketones (excluding diaryl/α,β-unsaturated/α-hetero) is 1. The number of carbonyl (C=O) groups excluding carboxylic acids is 1. The van der Waals surface area contributed by atoms with E-state index >= 15 is 0 Å². The van der Waals surface area contributed by atoms with E-state index in [-0.39, 0.29) is 18.6 Å². The number of ketones is 1. The Bertz CT molecular complexity index is 220. The van der Waals surface area contributed by atoms with Gasteiger partial charge in [0.2, 0.25) is 0 Å². The topological polar surface area (TPSA) is 91.7 Å². The van der Waals surface area contributed by atoms with Crippen molar-refractivity contribution in [2.24, 2.45) is 11.8 Å². The maximum Gasteiger partial charge on any atom is 0.307 e. The van der Waals surface area contributed by atoms with E-state index in [1.165, 1.54) is 0 Å². The van der Waals surface area contributed by atoms with Gasteiger partial charge in [-0.1, -0.05) is 0 Å². The van der Waals surface area contributed by atoms with E-state index in [4.69, 9.17) is 10.2 Å². The van der Waals surface area contributed by atoms with Crippen molar-refractivity contribution in [2.75, 3.05) is 0 Å². The third-order valence-corrected chi connectivity index (χ3v) is 2.02. The van der Waals surface area contributed by atoms with Gasteiger partial charge in [0.05, 0.1) is 11.8 Å². The Balaban J connectivity index is 2.79. The lowest BCUT2D eigenvalue weighted by Crippen LogP contribution is -2.24. The van der Waals surface area contributed by atoms with Crippen LogP contribution >= 0.6 is 0 Å². The molecular formula is C7H8O5. The first kappa shape index (κ1) is 8.70. The van der Waals surface area contributed by atoms with Crippen LogP contribution in [0.2, 0.25) is 0 Å². The molecule has 1 fully saturated rings. The molecular weight excluding hydrogens is 164 g/mol. The molecule has 1 aliphatic rings. The highest BCUT2D eigenvalue weighted by atomic mass is 16.4. The summed E-state index contributed by atoms with van der Waals surface area (Å²) in [6.45, 7) is 0. The molecule has 1 saturated carbocycles. The van der Waals surface area contributed by atoms with Crippen molar-refractivity contribution in [3.05, 3.63) is 0 Å². The second kappa shape index (κ2) is 2.92. The third-order valence-electron chi connectivity index (χ3n) is 2.02. The Labute approximate surface area is 68.0 Å². The second-order valence-electron chi connectivity index (χ2n) is 2.84. The first-order valence-corrected chi connectivity index (χ1v) is 3.49. The van der Waals surface area contributed by atoms with Crippen molar-refractivity contribution in [2.45, 2.75) is 12.8 Å². The molecule has 0 unspecified atom stereocenters. The minimum Gasteiger partial charge on any atom is -0.481 e. The molecule has 0 aromatic rings. The summed E-state index contributed by atoms with van der Waals surface area (Å²) in [7, 11) is 0. The first-order chi connectivity index (χ1) is 5.52. The van der Waals surface area contributed by atoms with Gasteiger partial charge in [-0.25, -0.2) is 0 Å². The van der Waals surface area contributed by atoms with Crippen LogP contribution in [0.15, 0.2) is 0 Å². The van der Waals surface area contributed by atoms with Gasteiger partial charge in [0.25, 0.3) is 0 Å². The number of carbonyl (C=O) groups is 3. The zero-order valence-electron chi connectivity index (χ0n) is 6.19. The van der Waals surface area contributed by atoms with Crippen molar-refractivity contribution in [1.29, 1.82) is 0 Å². The van der Waals surface area contributed by atoms with Gasteiger partial charge in [-0.2, -0.15) is 0 Å². The summed E-state index contributed by atoms with van der Waals surface area (Å²) in [6.07, 6.45) is -0.293. The molecule has 0 aliphatic heterocycles. The lowest BCUT2D eigenvalue weighted by molar-refractivity contribution is -0.152. The average Bonchev–Trinajstić information content (AvgIpc) is 2.31. The molecule has 0 bridgehead atoms. The van der Waals surface area contributed by atoms with E-state index in [1.807, 2.05) is 0 Å². The van der Waals surface area contributed by atoms with Crippen LogP contribution in [0.1, 0.15) is 12.8 Å². The summed E-state index contributed by atoms with van der Waals surface area (Å²) < 4.78 is 0. The highest BCUT2D eigenvalue weighted by Crippen LogP contribution is 2.29. The number of aliphatic carboxylic acids is 2. The fourth-order valence-corrected chi connectivity index (χ4v) is 1.38. The summed E-state index contributed by atoms with van der Waals surface area (Å²) in [5, 5.41) is 17.1. The van der Waals surface area contributed by atoms with Gasteiger partial charge in [0, 0.05) is 12.8 Å². The van der Waals surface area contributed by atoms with Crippen LogP contribution in [0, 0.1) is 11.8 Å². The van der Waals surface area contributed by atoms with Gasteiger partial charge in [-0.3, -0.25) is 14.4 Å². The maximum atomic E-state index is 10.7. The van der Waals surface area contributed by atoms with Crippen molar-refractivity contribution in [1.82, 2.24) is 0 Å². The van der Waals surface area contributed by atoms with Crippen molar-refractivity contribution in [3.8, 4) is 0 Å². The summed E-state index contributed by atoms with van der Waals surface area (Å²) >= 11 is 0. The second-order valence-corrected chi connectivity index (χ2v) is 2.84. The molecule has 66 valence electrons. The molecule has 0 aromatic heterocycles. The van der Waals surface area contributed by atoms with E-state index in [0.29, 0.717) is 0 Å². The predicted molar refractivity (Wildman–Crippen MR) is 36.5 cm³/mol. The quantitative estimate of drug-likeness (QED) is 0.599. The molecule has 0 heterocycles. The Morgan fingerprint density at radius 3 is 1.67 bits per heavy atom. The van der Waals surface area contributed by atoms with Crippen LogP contribution < -0.4 is 0 Å². The molecule has 0 amide bonds. The van der Waals surface area contributed by atoms with Crippen molar-refractivity contribution >= 4 is 17.7 Å². The summed E-state index contributed by atoms with van der Waals surface area (Å²) in [6, 6.07) is 0. The minimum atomic E-state index is -1.20. The van der Waals surface area contributed by atoms with Gasteiger partial charge in [0.1, 0.15) is 5.78 Å². The normalized spacial score (nSPS) is 28.8. The lowest BCUT2D eigenvalue weighted by atomic mass is 9.97. The van der Waals surface area contributed by atoms with Crippen LogP contribution in [0.5, 0.6) is 0 Å². The van der Waals surface area contributed by atoms with E-state index in [1.54, 1.807) is 0 Å². The Morgan fingerprint density at radius 2 is 1.42 bits per heavy atom. The largest absolute Gasteiger partial charge is 0.481 e. The van der Waals surface area contributed by atoms with Crippen LogP contribution in [0.3, 0.4) is 0 Å². The van der Waals surface area contributed by atoms with Gasteiger partial charge >= 0.3 is 11.9 Å². The van der Waals surface area contributed by atoms with Crippen LogP contribution in [0.25, 0.3) is 0 Å². The first-order valence-electron chi connectivity index (χ1n) is 3.49. The molecule has 5 nitrogen and oxygen atoms in total. The maximum absolute atomic E-state index is 10.7. The van der Waals surface area contributed by atoms with Crippen LogP contribution in [-0.2, 0) is 14.4 Å². The molecule has 0 aromatic carbocycles. The number of carboxylic acids is 2. The SMILES string of the molecule is O=C1C[C@@H](C(=O)O)[C@H](C(=O)O)C1. The van der Waals surface area contributed by atoms with E-state index in [9.17, 15) is 14.4 Å². The van der Waals surface area contributed by atoms with Crippen molar-refractivity contribution < 1.29 is 24.6 Å². The Hall–Kier alpha value is -1.39. The monoisotopic (exact) mass is 172 g/mol. The summed E-state index contributed by atoms with van der Waals surface area (Å²) in [5.74, 6) is -4.75. The van der Waals surface area contributed by atoms with Gasteiger partial charge < -0.3 is 10.2 Å². The molecule has 1 aliphatic carbocycles. The van der Waals surface area contributed by atoms with Crippen LogP contribution in [-0.4, -0.2) is 27.9 Å². The Morgan fingerprint density at radius 1 is 1.08 bits per heavy atom. The van der Waals surface area contributed by atoms with Gasteiger partial charge in [-0.15, -0.1) is 0 Å². The molecule has 2 atom stereocenters. The van der Waals surface area contributed by atoms with E-state index < -0.39 is 23.8 Å². The fraction of sp³-hybridized carbons (Fsp3) is 0.571. The summed E-state index contributed by atoms with van der Waals surface area (Å²) in [4.78, 5) is 31.6. The fourth-order valence-electron chi connectivity index (χ4n) is 1.38. The van der Waals surface area contributed by atoms with E-state index in [0.717, 1.165) is 0 Å². The van der Waals surface area contributed by atoms with Crippen molar-refractivity contribution in [3.63, 3.8) is 0 Å². The molecule has 12 heavy (non-hydrogen) atoms. The third kappa shape index (κ3) is 1.44. The van der Waals surface area contributed by atoms with Crippen LogP contribution in [0.4, 0.5) is 0 Å². The molecule has 2 N–H and O–H groups in total. The molecule has 5 heteroatoms. The van der Waals surface area contributed by atoms with Gasteiger partial charge in [0.15, 0.2) is 0 Å². The number of carboxylic acid groups (broad SMARTS) is 2. The molecule has 0 saturated heterocycles. The average molecular weight is 172 g/mol. The molecule has 1 rings (SSSR count). The minimum absolute atomic E-state index is 0.147. The van der Waals surface area contributed by atoms with E-state index in [2.05, 4.69) is 0 Å². The molecule has 0 spiro atoms. The zero-order valence-corrected chi connectivity index (χ0v) is 6.19. The standard InChI is InChI=1S/C7H8O5/c8-3-1-4(6(9)10)5(2-3)7(11)12/h4-5H,1-2H2,(H,9,10)(H,11,12)/t4-,5-/m1/s1. The Kier molecular flexibility index (Phi) is 2.12. The predicted octanol–water partition coefficient (Wildman–Crippen LogP) is -0.249. The highest BCUT2D eigenvalue weighted by molar-refractivity contribution is 5.94. The lowest BCUT2D eigenvalue weighted by Gasteiger charge is -2.07. The zero-order chi connectivity index (χ0) is 9.30.